The van der Waals surface area contributed by atoms with Crippen molar-refractivity contribution in [2.45, 2.75) is 43.5 Å². The zero-order valence-electron chi connectivity index (χ0n) is 14.9. The van der Waals surface area contributed by atoms with Gasteiger partial charge in [-0.1, -0.05) is 12.1 Å². The van der Waals surface area contributed by atoms with E-state index in [4.69, 9.17) is 0 Å². The maximum absolute atomic E-state index is 12.5. The summed E-state index contributed by atoms with van der Waals surface area (Å²) in [7, 11) is -3.36. The standard InChI is InChI=1S/C18H27N3O3S.ClH/c22-18(8-5-16-9-10-19-13-16)20-14-15-3-6-17(7-4-15)25(23,24)21-11-1-2-12-21;/h3-4,6-7,16,19H,1-2,5,8-14H2,(H,20,22);1H. The molecule has 0 spiro atoms. The molecule has 2 N–H and O–H groups in total. The number of hydrogen-bond acceptors (Lipinski definition) is 4. The smallest absolute Gasteiger partial charge is 0.243 e. The van der Waals surface area contributed by atoms with Crippen LogP contribution >= 0.6 is 12.4 Å². The Balaban J connectivity index is 0.00000243. The van der Waals surface area contributed by atoms with Crippen LogP contribution in [-0.4, -0.2) is 44.8 Å². The van der Waals surface area contributed by atoms with Crippen LogP contribution in [0.4, 0.5) is 0 Å². The van der Waals surface area contributed by atoms with E-state index < -0.39 is 10.0 Å². The third-order valence-corrected chi connectivity index (χ3v) is 6.97. The lowest BCUT2D eigenvalue weighted by Crippen LogP contribution is -2.28. The lowest BCUT2D eigenvalue weighted by molar-refractivity contribution is -0.121. The van der Waals surface area contributed by atoms with Crippen LogP contribution in [0.1, 0.15) is 37.7 Å². The molecule has 8 heteroatoms. The van der Waals surface area contributed by atoms with Gasteiger partial charge in [-0.3, -0.25) is 4.79 Å². The Kier molecular flexibility index (Phi) is 7.88. The SMILES string of the molecule is Cl.O=C(CCC1CCNC1)NCc1ccc(S(=O)(=O)N2CCCC2)cc1. The highest BCUT2D eigenvalue weighted by atomic mass is 35.5. The molecule has 2 aliphatic rings. The molecule has 2 heterocycles. The van der Waals surface area contributed by atoms with Gasteiger partial charge in [-0.05, 0) is 62.4 Å². The minimum atomic E-state index is -3.36. The highest BCUT2D eigenvalue weighted by Crippen LogP contribution is 2.21. The second kappa shape index (κ2) is 9.69. The molecule has 2 saturated heterocycles. The van der Waals surface area contributed by atoms with Crippen LogP contribution in [0.2, 0.25) is 0 Å². The van der Waals surface area contributed by atoms with Gasteiger partial charge in [0.2, 0.25) is 15.9 Å². The lowest BCUT2D eigenvalue weighted by atomic mass is 10.0. The van der Waals surface area contributed by atoms with Crippen LogP contribution in [0.5, 0.6) is 0 Å². The largest absolute Gasteiger partial charge is 0.352 e. The van der Waals surface area contributed by atoms with Crippen molar-refractivity contribution < 1.29 is 13.2 Å². The molecule has 0 saturated carbocycles. The molecule has 1 unspecified atom stereocenters. The van der Waals surface area contributed by atoms with Crippen molar-refractivity contribution in [1.29, 1.82) is 0 Å². The Labute approximate surface area is 162 Å². The van der Waals surface area contributed by atoms with E-state index in [1.54, 1.807) is 28.6 Å². The van der Waals surface area contributed by atoms with Crippen molar-refractivity contribution >= 4 is 28.3 Å². The zero-order chi connectivity index (χ0) is 17.7. The molecule has 3 rings (SSSR count). The predicted molar refractivity (Wildman–Crippen MR) is 104 cm³/mol. The molecule has 2 aliphatic heterocycles. The van der Waals surface area contributed by atoms with Gasteiger partial charge in [0.15, 0.2) is 0 Å². The van der Waals surface area contributed by atoms with Crippen molar-refractivity contribution in [3.8, 4) is 0 Å². The monoisotopic (exact) mass is 401 g/mol. The van der Waals surface area contributed by atoms with Crippen molar-refractivity contribution in [2.75, 3.05) is 26.2 Å². The quantitative estimate of drug-likeness (QED) is 0.731. The first-order chi connectivity index (χ1) is 12.1. The highest BCUT2D eigenvalue weighted by molar-refractivity contribution is 7.89. The summed E-state index contributed by atoms with van der Waals surface area (Å²) in [5, 5.41) is 6.22. The minimum absolute atomic E-state index is 0. The van der Waals surface area contributed by atoms with Gasteiger partial charge >= 0.3 is 0 Å². The molecule has 26 heavy (non-hydrogen) atoms. The topological polar surface area (TPSA) is 78.5 Å². The number of amides is 1. The second-order valence-corrected chi connectivity index (χ2v) is 8.87. The number of nitrogens with one attached hydrogen (secondary N) is 2. The van der Waals surface area contributed by atoms with E-state index in [9.17, 15) is 13.2 Å². The lowest BCUT2D eigenvalue weighted by Gasteiger charge is -2.15. The van der Waals surface area contributed by atoms with Gasteiger partial charge in [-0.2, -0.15) is 4.31 Å². The summed E-state index contributed by atoms with van der Waals surface area (Å²) in [5.74, 6) is 0.668. The molecular weight excluding hydrogens is 374 g/mol. The highest BCUT2D eigenvalue weighted by Gasteiger charge is 2.26. The first-order valence-electron chi connectivity index (χ1n) is 9.12. The Bertz CT molecular complexity index is 682. The van der Waals surface area contributed by atoms with Crippen LogP contribution < -0.4 is 10.6 Å². The van der Waals surface area contributed by atoms with Gasteiger partial charge in [0.25, 0.3) is 0 Å². The summed E-state index contributed by atoms with van der Waals surface area (Å²) in [5.41, 5.74) is 0.913. The van der Waals surface area contributed by atoms with Gasteiger partial charge in [-0.25, -0.2) is 8.42 Å². The van der Waals surface area contributed by atoms with E-state index in [0.29, 0.717) is 36.9 Å². The minimum Gasteiger partial charge on any atom is -0.352 e. The first kappa shape index (κ1) is 21.2. The number of halogens is 1. The molecule has 6 nitrogen and oxygen atoms in total. The Morgan fingerprint density at radius 2 is 1.88 bits per heavy atom. The molecule has 1 aromatic carbocycles. The number of carbonyl (C=O) groups is 1. The van der Waals surface area contributed by atoms with E-state index in [0.717, 1.165) is 44.3 Å². The maximum atomic E-state index is 12.5. The average molecular weight is 402 g/mol. The number of hydrogen-bond donors (Lipinski definition) is 2. The number of benzene rings is 1. The van der Waals surface area contributed by atoms with Crippen LogP contribution in [0.15, 0.2) is 29.2 Å². The van der Waals surface area contributed by atoms with E-state index in [1.165, 1.54) is 0 Å². The number of rotatable bonds is 7. The molecule has 0 aromatic heterocycles. The summed E-state index contributed by atoms with van der Waals surface area (Å²) < 4.78 is 26.5. The second-order valence-electron chi connectivity index (χ2n) is 6.93. The fourth-order valence-corrected chi connectivity index (χ4v) is 4.96. The van der Waals surface area contributed by atoms with Gasteiger partial charge in [0, 0.05) is 26.1 Å². The van der Waals surface area contributed by atoms with Gasteiger partial charge in [0.1, 0.15) is 0 Å². The maximum Gasteiger partial charge on any atom is 0.243 e. The fraction of sp³-hybridized carbons (Fsp3) is 0.611. The number of nitrogens with zero attached hydrogens (tertiary/aromatic N) is 1. The first-order valence-corrected chi connectivity index (χ1v) is 10.6. The molecule has 146 valence electrons. The Hall–Kier alpha value is -1.15. The molecule has 0 radical (unpaired) electrons. The van der Waals surface area contributed by atoms with Crippen LogP contribution in [-0.2, 0) is 21.4 Å². The summed E-state index contributed by atoms with van der Waals surface area (Å²) in [4.78, 5) is 12.3. The predicted octanol–water partition coefficient (Wildman–Crippen LogP) is 1.90. The van der Waals surface area contributed by atoms with Crippen molar-refractivity contribution in [2.24, 2.45) is 5.92 Å². The third-order valence-electron chi connectivity index (χ3n) is 5.06. The molecule has 1 amide bonds. The summed E-state index contributed by atoms with van der Waals surface area (Å²) in [6.45, 7) is 3.72. The van der Waals surface area contributed by atoms with Gasteiger partial charge in [0.05, 0.1) is 4.90 Å². The fourth-order valence-electron chi connectivity index (χ4n) is 3.44. The number of carbonyl (C=O) groups excluding carboxylic acids is 1. The van der Waals surface area contributed by atoms with Crippen LogP contribution in [0.3, 0.4) is 0 Å². The molecule has 1 atom stereocenters. The van der Waals surface area contributed by atoms with Crippen molar-refractivity contribution in [1.82, 2.24) is 14.9 Å². The average Bonchev–Trinajstić information content (AvgIpc) is 3.32. The molecule has 0 aliphatic carbocycles. The summed E-state index contributed by atoms with van der Waals surface area (Å²) in [6, 6.07) is 6.84. The molecule has 1 aromatic rings. The summed E-state index contributed by atoms with van der Waals surface area (Å²) >= 11 is 0. The van der Waals surface area contributed by atoms with Crippen LogP contribution in [0.25, 0.3) is 0 Å². The van der Waals surface area contributed by atoms with E-state index in [-0.39, 0.29) is 18.3 Å². The van der Waals surface area contributed by atoms with Crippen LogP contribution in [0, 0.1) is 5.92 Å². The normalized spacial score (nSPS) is 20.7. The summed E-state index contributed by atoms with van der Waals surface area (Å²) in [6.07, 6.45) is 4.49. The van der Waals surface area contributed by atoms with Crippen molar-refractivity contribution in [3.05, 3.63) is 29.8 Å². The molecule has 0 bridgehead atoms. The van der Waals surface area contributed by atoms with Crippen molar-refractivity contribution in [3.63, 3.8) is 0 Å². The molecule has 2 fully saturated rings. The van der Waals surface area contributed by atoms with E-state index in [2.05, 4.69) is 10.6 Å². The Morgan fingerprint density at radius 3 is 2.50 bits per heavy atom. The Morgan fingerprint density at radius 1 is 1.19 bits per heavy atom. The van der Waals surface area contributed by atoms with E-state index in [1.807, 2.05) is 0 Å². The third kappa shape index (κ3) is 5.42. The van der Waals surface area contributed by atoms with Gasteiger partial charge in [-0.15, -0.1) is 12.4 Å². The number of sulfonamides is 1. The zero-order valence-corrected chi connectivity index (χ0v) is 16.6. The van der Waals surface area contributed by atoms with E-state index >= 15 is 0 Å². The van der Waals surface area contributed by atoms with Gasteiger partial charge < -0.3 is 10.6 Å². The molecular formula is C18H28ClN3O3S.